The van der Waals surface area contributed by atoms with Gasteiger partial charge in [0.2, 0.25) is 0 Å². The van der Waals surface area contributed by atoms with E-state index in [1.165, 1.54) is 11.3 Å². The predicted octanol–water partition coefficient (Wildman–Crippen LogP) is 4.16. The minimum absolute atomic E-state index is 0.0576. The van der Waals surface area contributed by atoms with E-state index < -0.39 is 0 Å². The highest BCUT2D eigenvalue weighted by Crippen LogP contribution is 2.53. The van der Waals surface area contributed by atoms with E-state index in [2.05, 4.69) is 32.8 Å². The van der Waals surface area contributed by atoms with Crippen LogP contribution in [0.2, 0.25) is 5.02 Å². The number of rotatable bonds is 5. The molecule has 0 bridgehead atoms. The number of aromatic nitrogens is 3. The molecule has 6 heteroatoms. The van der Waals surface area contributed by atoms with Crippen LogP contribution in [-0.2, 0) is 21.3 Å². The summed E-state index contributed by atoms with van der Waals surface area (Å²) < 4.78 is 13.6. The summed E-state index contributed by atoms with van der Waals surface area (Å²) in [5.41, 5.74) is 3.30. The number of ether oxygens (including phenoxy) is 2. The fourth-order valence-electron chi connectivity index (χ4n) is 4.02. The van der Waals surface area contributed by atoms with E-state index in [0.29, 0.717) is 0 Å². The second kappa shape index (κ2) is 6.89. The maximum atomic E-state index is 6.09. The molecule has 0 amide bonds. The fraction of sp³-hybridized carbons (Fsp3) is 0.429. The van der Waals surface area contributed by atoms with Gasteiger partial charge >= 0.3 is 0 Å². The SMILES string of the molecule is Clc1ccc(C2(c3nnc4cccc(CCC5OCCCO5)n34)CC2)cc1. The van der Waals surface area contributed by atoms with Crippen LogP contribution in [0.5, 0.6) is 0 Å². The minimum Gasteiger partial charge on any atom is -0.353 e. The third kappa shape index (κ3) is 3.14. The molecule has 2 aliphatic rings. The molecule has 2 fully saturated rings. The van der Waals surface area contributed by atoms with E-state index >= 15 is 0 Å². The van der Waals surface area contributed by atoms with E-state index in [-0.39, 0.29) is 11.7 Å². The molecule has 0 N–H and O–H groups in total. The van der Waals surface area contributed by atoms with Crippen LogP contribution in [0.4, 0.5) is 0 Å². The molecular formula is C21H22ClN3O2. The lowest BCUT2D eigenvalue weighted by Gasteiger charge is -2.23. The van der Waals surface area contributed by atoms with E-state index in [1.54, 1.807) is 0 Å². The van der Waals surface area contributed by atoms with Crippen LogP contribution in [0.25, 0.3) is 5.65 Å². The average molecular weight is 384 g/mol. The Hall–Kier alpha value is -1.95. The highest BCUT2D eigenvalue weighted by molar-refractivity contribution is 6.30. The van der Waals surface area contributed by atoms with E-state index in [1.807, 2.05) is 24.3 Å². The average Bonchev–Trinajstić information content (AvgIpc) is 3.39. The zero-order valence-electron chi connectivity index (χ0n) is 15.1. The molecule has 140 valence electrons. The molecule has 1 saturated carbocycles. The summed E-state index contributed by atoms with van der Waals surface area (Å²) in [7, 11) is 0. The van der Waals surface area contributed by atoms with Gasteiger partial charge in [0.25, 0.3) is 0 Å². The van der Waals surface area contributed by atoms with Gasteiger partial charge in [-0.3, -0.25) is 4.40 Å². The number of hydrogen-bond acceptors (Lipinski definition) is 4. The zero-order chi connectivity index (χ0) is 18.3. The molecule has 0 radical (unpaired) electrons. The summed E-state index contributed by atoms with van der Waals surface area (Å²) in [6, 6.07) is 14.4. The summed E-state index contributed by atoms with van der Waals surface area (Å²) >= 11 is 6.09. The summed E-state index contributed by atoms with van der Waals surface area (Å²) in [5, 5.41) is 9.81. The van der Waals surface area contributed by atoms with Crippen LogP contribution in [-0.4, -0.2) is 34.1 Å². The maximum Gasteiger partial charge on any atom is 0.161 e. The third-order valence-corrected chi connectivity index (χ3v) is 5.87. The smallest absolute Gasteiger partial charge is 0.161 e. The predicted molar refractivity (Wildman–Crippen MR) is 103 cm³/mol. The largest absolute Gasteiger partial charge is 0.353 e. The van der Waals surface area contributed by atoms with Crippen LogP contribution in [0.3, 0.4) is 0 Å². The number of benzene rings is 1. The number of hydrogen-bond donors (Lipinski definition) is 0. The minimum atomic E-state index is -0.111. The lowest BCUT2D eigenvalue weighted by atomic mass is 9.95. The van der Waals surface area contributed by atoms with E-state index in [4.69, 9.17) is 21.1 Å². The second-order valence-electron chi connectivity index (χ2n) is 7.39. The summed E-state index contributed by atoms with van der Waals surface area (Å²) in [6.45, 7) is 1.57. The number of aryl methyl sites for hydroxylation is 1. The van der Waals surface area contributed by atoms with Crippen molar-refractivity contribution in [2.24, 2.45) is 0 Å². The standard InChI is InChI=1S/C21H22ClN3O2/c22-16-7-5-15(6-8-16)21(11-12-21)20-24-23-18-4-1-3-17(25(18)20)9-10-19-26-13-2-14-27-19/h1,3-8,19H,2,9-14H2. The van der Waals surface area contributed by atoms with Crippen molar-refractivity contribution >= 4 is 17.2 Å². The second-order valence-corrected chi connectivity index (χ2v) is 7.82. The molecule has 2 aromatic heterocycles. The van der Waals surface area contributed by atoms with Crippen LogP contribution in [0, 0.1) is 0 Å². The van der Waals surface area contributed by atoms with E-state index in [0.717, 1.165) is 61.8 Å². The summed E-state index contributed by atoms with van der Waals surface area (Å²) in [6.07, 6.45) is 4.73. The van der Waals surface area contributed by atoms with Gasteiger partial charge in [0.1, 0.15) is 5.82 Å². The van der Waals surface area contributed by atoms with Crippen molar-refractivity contribution in [1.82, 2.24) is 14.6 Å². The van der Waals surface area contributed by atoms with Gasteiger partial charge < -0.3 is 9.47 Å². The van der Waals surface area contributed by atoms with Gasteiger partial charge in [-0.2, -0.15) is 0 Å². The molecule has 5 nitrogen and oxygen atoms in total. The lowest BCUT2D eigenvalue weighted by molar-refractivity contribution is -0.180. The first-order valence-corrected chi connectivity index (χ1v) is 9.97. The molecule has 1 aromatic carbocycles. The lowest BCUT2D eigenvalue weighted by Crippen LogP contribution is -2.25. The monoisotopic (exact) mass is 383 g/mol. The molecule has 5 rings (SSSR count). The van der Waals surface area contributed by atoms with Crippen molar-refractivity contribution in [3.63, 3.8) is 0 Å². The Morgan fingerprint density at radius 1 is 1.04 bits per heavy atom. The molecule has 1 saturated heterocycles. The van der Waals surface area contributed by atoms with Gasteiger partial charge in [0, 0.05) is 17.1 Å². The van der Waals surface area contributed by atoms with E-state index in [9.17, 15) is 0 Å². The van der Waals surface area contributed by atoms with Gasteiger partial charge in [-0.05, 0) is 55.5 Å². The molecule has 3 aromatic rings. The molecular weight excluding hydrogens is 362 g/mol. The molecule has 3 heterocycles. The molecule has 27 heavy (non-hydrogen) atoms. The quantitative estimate of drug-likeness (QED) is 0.663. The van der Waals surface area contributed by atoms with Crippen LogP contribution >= 0.6 is 11.6 Å². The Morgan fingerprint density at radius 2 is 1.81 bits per heavy atom. The Labute approximate surface area is 163 Å². The van der Waals surface area contributed by atoms with Gasteiger partial charge in [-0.25, -0.2) is 0 Å². The van der Waals surface area contributed by atoms with Crippen molar-refractivity contribution in [3.8, 4) is 0 Å². The first kappa shape index (κ1) is 17.2. The third-order valence-electron chi connectivity index (χ3n) is 5.62. The number of halogens is 1. The van der Waals surface area contributed by atoms with Gasteiger partial charge in [0.15, 0.2) is 11.9 Å². The highest BCUT2D eigenvalue weighted by Gasteiger charge is 2.49. The Kier molecular flexibility index (Phi) is 4.38. The molecule has 1 aliphatic heterocycles. The van der Waals surface area contributed by atoms with Crippen LogP contribution < -0.4 is 0 Å². The molecule has 1 aliphatic carbocycles. The van der Waals surface area contributed by atoms with Crippen molar-refractivity contribution in [3.05, 3.63) is 64.6 Å². The van der Waals surface area contributed by atoms with Gasteiger partial charge in [-0.1, -0.05) is 29.8 Å². The summed E-state index contributed by atoms with van der Waals surface area (Å²) in [4.78, 5) is 0. The fourth-order valence-corrected chi connectivity index (χ4v) is 4.14. The van der Waals surface area contributed by atoms with Crippen molar-refractivity contribution in [1.29, 1.82) is 0 Å². The maximum absolute atomic E-state index is 6.09. The first-order valence-electron chi connectivity index (χ1n) is 9.59. The van der Waals surface area contributed by atoms with Gasteiger partial charge in [-0.15, -0.1) is 10.2 Å². The molecule has 0 spiro atoms. The van der Waals surface area contributed by atoms with Crippen LogP contribution in [0.1, 0.15) is 42.8 Å². The molecule has 0 unspecified atom stereocenters. The first-order chi connectivity index (χ1) is 13.3. The summed E-state index contributed by atoms with van der Waals surface area (Å²) in [5.74, 6) is 1.03. The normalized spacial score (nSPS) is 19.4. The topological polar surface area (TPSA) is 48.7 Å². The number of fused-ring (bicyclic) bond motifs is 1. The van der Waals surface area contributed by atoms with Crippen LogP contribution in [0.15, 0.2) is 42.5 Å². The molecule has 0 atom stereocenters. The zero-order valence-corrected chi connectivity index (χ0v) is 15.9. The number of pyridine rings is 1. The number of nitrogens with zero attached hydrogens (tertiary/aromatic N) is 3. The Bertz CT molecular complexity index is 944. The van der Waals surface area contributed by atoms with Crippen molar-refractivity contribution in [2.45, 2.75) is 43.8 Å². The Balaban J connectivity index is 1.49. The highest BCUT2D eigenvalue weighted by atomic mass is 35.5. The van der Waals surface area contributed by atoms with Gasteiger partial charge in [0.05, 0.1) is 18.6 Å². The Morgan fingerprint density at radius 3 is 2.56 bits per heavy atom. The van der Waals surface area contributed by atoms with Crippen molar-refractivity contribution < 1.29 is 9.47 Å². The van der Waals surface area contributed by atoms with Crippen molar-refractivity contribution in [2.75, 3.05) is 13.2 Å².